The normalized spacial score (nSPS) is 10.2. The van der Waals surface area contributed by atoms with E-state index in [1.807, 2.05) is 13.0 Å². The summed E-state index contributed by atoms with van der Waals surface area (Å²) in [7, 11) is 0. The molecule has 5 heteroatoms. The van der Waals surface area contributed by atoms with E-state index in [1.54, 1.807) is 11.8 Å². The fourth-order valence-corrected chi connectivity index (χ4v) is 1.44. The van der Waals surface area contributed by atoms with Crippen LogP contribution in [0.3, 0.4) is 0 Å². The predicted molar refractivity (Wildman–Crippen MR) is 50.7 cm³/mol. The molecule has 0 amide bonds. The molecule has 0 saturated heterocycles. The Balaban J connectivity index is 1.97. The van der Waals surface area contributed by atoms with Crippen LogP contribution >= 0.6 is 11.3 Å². The van der Waals surface area contributed by atoms with E-state index in [-0.39, 0.29) is 0 Å². The number of aromatic nitrogens is 2. The van der Waals surface area contributed by atoms with E-state index < -0.39 is 0 Å². The van der Waals surface area contributed by atoms with Crippen LogP contribution < -0.4 is 5.32 Å². The Kier molecular flexibility index (Phi) is 2.27. The molecule has 0 aliphatic carbocycles. The van der Waals surface area contributed by atoms with Crippen LogP contribution in [0, 0.1) is 6.92 Å². The van der Waals surface area contributed by atoms with Gasteiger partial charge in [0.05, 0.1) is 12.8 Å². The van der Waals surface area contributed by atoms with Crippen molar-refractivity contribution in [1.29, 1.82) is 0 Å². The second kappa shape index (κ2) is 3.57. The minimum absolute atomic E-state index is 0.661. The highest BCUT2D eigenvalue weighted by Crippen LogP contribution is 2.13. The van der Waals surface area contributed by atoms with Gasteiger partial charge in [0.1, 0.15) is 11.3 Å². The zero-order chi connectivity index (χ0) is 9.10. The maximum Gasteiger partial charge on any atom is 0.205 e. The highest BCUT2D eigenvalue weighted by molar-refractivity contribution is 7.13. The molecule has 0 bridgehead atoms. The van der Waals surface area contributed by atoms with Gasteiger partial charge in [-0.25, -0.2) is 0 Å². The summed E-state index contributed by atoms with van der Waals surface area (Å²) in [6.45, 7) is 2.68. The summed E-state index contributed by atoms with van der Waals surface area (Å²) in [5.74, 6) is 0.940. The molecule has 13 heavy (non-hydrogen) atoms. The van der Waals surface area contributed by atoms with E-state index in [1.165, 1.54) is 11.3 Å². The minimum atomic E-state index is 0.661. The molecular formula is C8H9N3OS. The summed E-state index contributed by atoms with van der Waals surface area (Å²) in [6.07, 6.45) is 1.69. The molecule has 0 atom stereocenters. The van der Waals surface area contributed by atoms with Gasteiger partial charge in [-0.3, -0.25) is 0 Å². The Morgan fingerprint density at radius 3 is 3.15 bits per heavy atom. The predicted octanol–water partition coefficient (Wildman–Crippen LogP) is 2.05. The molecule has 0 fully saturated rings. The molecule has 0 unspecified atom stereocenters. The molecule has 2 rings (SSSR count). The van der Waals surface area contributed by atoms with E-state index in [0.29, 0.717) is 6.54 Å². The number of nitrogens with one attached hydrogen (secondary N) is 1. The van der Waals surface area contributed by atoms with Crippen LogP contribution in [0.1, 0.15) is 11.3 Å². The quantitative estimate of drug-likeness (QED) is 0.814. The Morgan fingerprint density at radius 2 is 2.54 bits per heavy atom. The zero-order valence-corrected chi connectivity index (χ0v) is 7.97. The van der Waals surface area contributed by atoms with Crippen molar-refractivity contribution in [2.75, 3.05) is 5.32 Å². The first-order valence-electron chi connectivity index (χ1n) is 3.89. The number of rotatable bonds is 3. The average molecular weight is 195 g/mol. The maximum atomic E-state index is 5.26. The molecule has 0 aliphatic rings. The van der Waals surface area contributed by atoms with Gasteiger partial charge in [-0.05, 0) is 18.6 Å². The molecule has 0 saturated carbocycles. The second-order valence-electron chi connectivity index (χ2n) is 2.62. The topological polar surface area (TPSA) is 51.0 Å². The van der Waals surface area contributed by atoms with E-state index in [2.05, 4.69) is 15.5 Å². The maximum absolute atomic E-state index is 5.26. The second-order valence-corrected chi connectivity index (χ2v) is 3.46. The SMILES string of the molecule is Cc1ccoc1CNc1nncs1. The van der Waals surface area contributed by atoms with Crippen LogP contribution in [-0.2, 0) is 6.54 Å². The number of hydrogen-bond acceptors (Lipinski definition) is 5. The summed E-state index contributed by atoms with van der Waals surface area (Å²) >= 11 is 1.48. The highest BCUT2D eigenvalue weighted by atomic mass is 32.1. The molecule has 0 radical (unpaired) electrons. The number of nitrogens with zero attached hydrogens (tertiary/aromatic N) is 2. The molecule has 0 spiro atoms. The molecular weight excluding hydrogens is 186 g/mol. The monoisotopic (exact) mass is 195 g/mol. The van der Waals surface area contributed by atoms with Gasteiger partial charge in [-0.15, -0.1) is 10.2 Å². The lowest BCUT2D eigenvalue weighted by molar-refractivity contribution is 0.515. The van der Waals surface area contributed by atoms with Gasteiger partial charge in [-0.2, -0.15) is 0 Å². The lowest BCUT2D eigenvalue weighted by Gasteiger charge is -1.98. The number of anilines is 1. The van der Waals surface area contributed by atoms with Crippen LogP contribution in [0.4, 0.5) is 5.13 Å². The third kappa shape index (κ3) is 1.86. The highest BCUT2D eigenvalue weighted by Gasteiger charge is 2.02. The molecule has 1 N–H and O–H groups in total. The Hall–Kier alpha value is -1.36. The van der Waals surface area contributed by atoms with Crippen molar-refractivity contribution in [3.05, 3.63) is 29.2 Å². The van der Waals surface area contributed by atoms with Crippen LogP contribution in [0.2, 0.25) is 0 Å². The third-order valence-corrected chi connectivity index (χ3v) is 2.38. The first kappa shape index (κ1) is 8.25. The third-order valence-electron chi connectivity index (χ3n) is 1.73. The van der Waals surface area contributed by atoms with Crippen LogP contribution in [0.15, 0.2) is 22.3 Å². The van der Waals surface area contributed by atoms with Crippen molar-refractivity contribution < 1.29 is 4.42 Å². The number of aryl methyl sites for hydroxylation is 1. The van der Waals surface area contributed by atoms with Crippen LogP contribution in [0.5, 0.6) is 0 Å². The molecule has 2 aromatic heterocycles. The van der Waals surface area contributed by atoms with Gasteiger partial charge in [0.25, 0.3) is 0 Å². The van der Waals surface area contributed by atoms with E-state index in [4.69, 9.17) is 4.42 Å². The molecule has 0 aliphatic heterocycles. The van der Waals surface area contributed by atoms with Crippen LogP contribution in [0.25, 0.3) is 0 Å². The lowest BCUT2D eigenvalue weighted by atomic mass is 10.3. The molecule has 2 aromatic rings. The van der Waals surface area contributed by atoms with Crippen molar-refractivity contribution in [2.45, 2.75) is 13.5 Å². The minimum Gasteiger partial charge on any atom is -0.467 e. The molecule has 68 valence electrons. The van der Waals surface area contributed by atoms with Gasteiger partial charge in [0.15, 0.2) is 0 Å². The number of furan rings is 1. The van der Waals surface area contributed by atoms with Crippen molar-refractivity contribution in [2.24, 2.45) is 0 Å². The Labute approximate surface area is 79.6 Å². The summed E-state index contributed by atoms with van der Waals surface area (Å²) in [6, 6.07) is 1.94. The summed E-state index contributed by atoms with van der Waals surface area (Å²) < 4.78 is 5.26. The molecule has 4 nitrogen and oxygen atoms in total. The van der Waals surface area contributed by atoms with Crippen molar-refractivity contribution in [3.8, 4) is 0 Å². The lowest BCUT2D eigenvalue weighted by Crippen LogP contribution is -1.98. The van der Waals surface area contributed by atoms with Gasteiger partial charge < -0.3 is 9.73 Å². The Morgan fingerprint density at radius 1 is 1.62 bits per heavy atom. The first-order valence-corrected chi connectivity index (χ1v) is 4.77. The number of hydrogen-bond donors (Lipinski definition) is 1. The first-order chi connectivity index (χ1) is 6.36. The van der Waals surface area contributed by atoms with Crippen molar-refractivity contribution in [1.82, 2.24) is 10.2 Å². The summed E-state index contributed by atoms with van der Waals surface area (Å²) in [4.78, 5) is 0. The van der Waals surface area contributed by atoms with E-state index in [0.717, 1.165) is 16.5 Å². The average Bonchev–Trinajstić information content (AvgIpc) is 2.72. The zero-order valence-electron chi connectivity index (χ0n) is 7.15. The standard InChI is InChI=1S/C8H9N3OS/c1-6-2-3-12-7(6)4-9-8-11-10-5-13-8/h2-3,5H,4H2,1H3,(H,9,11). The van der Waals surface area contributed by atoms with Gasteiger partial charge in [0.2, 0.25) is 5.13 Å². The van der Waals surface area contributed by atoms with Gasteiger partial charge in [0, 0.05) is 0 Å². The fraction of sp³-hybridized carbons (Fsp3) is 0.250. The van der Waals surface area contributed by atoms with E-state index in [9.17, 15) is 0 Å². The van der Waals surface area contributed by atoms with Gasteiger partial charge in [-0.1, -0.05) is 11.3 Å². The van der Waals surface area contributed by atoms with Crippen molar-refractivity contribution in [3.63, 3.8) is 0 Å². The van der Waals surface area contributed by atoms with E-state index >= 15 is 0 Å². The largest absolute Gasteiger partial charge is 0.467 e. The summed E-state index contributed by atoms with van der Waals surface area (Å²) in [5, 5.41) is 11.5. The fourth-order valence-electron chi connectivity index (χ4n) is 0.991. The van der Waals surface area contributed by atoms with Gasteiger partial charge >= 0.3 is 0 Å². The van der Waals surface area contributed by atoms with Crippen molar-refractivity contribution >= 4 is 16.5 Å². The summed E-state index contributed by atoms with van der Waals surface area (Å²) in [5.41, 5.74) is 2.84. The Bertz CT molecular complexity index is 368. The molecule has 2 heterocycles. The van der Waals surface area contributed by atoms with Crippen LogP contribution in [-0.4, -0.2) is 10.2 Å². The smallest absolute Gasteiger partial charge is 0.205 e. The molecule has 0 aromatic carbocycles.